The highest BCUT2D eigenvalue weighted by atomic mass is 79.9. The van der Waals surface area contributed by atoms with Crippen molar-refractivity contribution in [1.82, 2.24) is 9.97 Å². The first-order valence-electron chi connectivity index (χ1n) is 5.58. The Hall–Kier alpha value is -1.82. The molecular formula is C13H14BrN3O2. The molecule has 100 valence electrons. The lowest BCUT2D eigenvalue weighted by molar-refractivity contribution is 0.355. The Morgan fingerprint density at radius 3 is 2.26 bits per heavy atom. The summed E-state index contributed by atoms with van der Waals surface area (Å²) >= 11 is 3.48. The van der Waals surface area contributed by atoms with Gasteiger partial charge in [0.15, 0.2) is 17.3 Å². The zero-order valence-corrected chi connectivity index (χ0v) is 12.5. The van der Waals surface area contributed by atoms with E-state index >= 15 is 0 Å². The van der Waals surface area contributed by atoms with E-state index in [1.165, 1.54) is 0 Å². The predicted molar refractivity (Wildman–Crippen MR) is 77.4 cm³/mol. The number of halogens is 1. The van der Waals surface area contributed by atoms with Crippen molar-refractivity contribution in [3.63, 3.8) is 0 Å². The normalized spacial score (nSPS) is 10.3. The van der Waals surface area contributed by atoms with Crippen molar-refractivity contribution in [2.24, 2.45) is 0 Å². The van der Waals surface area contributed by atoms with E-state index < -0.39 is 0 Å². The number of rotatable bonds is 3. The number of benzene rings is 1. The number of nitrogens with zero attached hydrogens (tertiary/aromatic N) is 2. The molecular weight excluding hydrogens is 310 g/mol. The highest BCUT2D eigenvalue weighted by Gasteiger charge is 2.13. The number of nitrogen functional groups attached to an aromatic ring is 1. The van der Waals surface area contributed by atoms with E-state index in [2.05, 4.69) is 25.9 Å². The summed E-state index contributed by atoms with van der Waals surface area (Å²) in [5.41, 5.74) is 7.36. The number of anilines is 1. The van der Waals surface area contributed by atoms with Gasteiger partial charge in [0.2, 0.25) is 0 Å². The van der Waals surface area contributed by atoms with Crippen molar-refractivity contribution in [3.05, 3.63) is 28.4 Å². The van der Waals surface area contributed by atoms with Crippen LogP contribution >= 0.6 is 15.9 Å². The Labute approximate surface area is 119 Å². The SMILES string of the molecule is COc1cc(Br)c(-c2nc(C)cc(N)n2)cc1OC. The second kappa shape index (κ2) is 5.44. The van der Waals surface area contributed by atoms with Crippen LogP contribution in [0.5, 0.6) is 11.5 Å². The van der Waals surface area contributed by atoms with Gasteiger partial charge < -0.3 is 15.2 Å². The third kappa shape index (κ3) is 2.78. The van der Waals surface area contributed by atoms with Gasteiger partial charge in [-0.25, -0.2) is 9.97 Å². The van der Waals surface area contributed by atoms with Gasteiger partial charge in [0.1, 0.15) is 5.82 Å². The van der Waals surface area contributed by atoms with E-state index in [0.29, 0.717) is 23.1 Å². The summed E-state index contributed by atoms with van der Waals surface area (Å²) in [7, 11) is 3.17. The Bertz CT molecular complexity index is 597. The fraction of sp³-hybridized carbons (Fsp3) is 0.231. The summed E-state index contributed by atoms with van der Waals surface area (Å²) < 4.78 is 11.3. The van der Waals surface area contributed by atoms with Gasteiger partial charge >= 0.3 is 0 Å². The quantitative estimate of drug-likeness (QED) is 0.940. The molecule has 0 spiro atoms. The zero-order chi connectivity index (χ0) is 14.0. The van der Waals surface area contributed by atoms with Crippen molar-refractivity contribution in [3.8, 4) is 22.9 Å². The maximum atomic E-state index is 5.75. The number of aromatic nitrogens is 2. The van der Waals surface area contributed by atoms with Gasteiger partial charge in [0.05, 0.1) is 14.2 Å². The molecule has 0 radical (unpaired) electrons. The molecule has 1 aromatic carbocycles. The molecule has 0 amide bonds. The Balaban J connectivity index is 2.61. The van der Waals surface area contributed by atoms with Crippen LogP contribution < -0.4 is 15.2 Å². The number of hydrogen-bond donors (Lipinski definition) is 1. The molecule has 0 aliphatic carbocycles. The Kier molecular flexibility index (Phi) is 3.90. The van der Waals surface area contributed by atoms with Gasteiger partial charge in [-0.2, -0.15) is 0 Å². The standard InChI is InChI=1S/C13H14BrN3O2/c1-7-4-12(15)17-13(16-7)8-5-10(18-2)11(19-3)6-9(8)14/h4-6H,1-3H3,(H2,15,16,17). The van der Waals surface area contributed by atoms with Crippen molar-refractivity contribution in [1.29, 1.82) is 0 Å². The molecule has 0 fully saturated rings. The summed E-state index contributed by atoms with van der Waals surface area (Å²) in [6, 6.07) is 5.35. The van der Waals surface area contributed by atoms with E-state index in [9.17, 15) is 0 Å². The maximum Gasteiger partial charge on any atom is 0.163 e. The van der Waals surface area contributed by atoms with E-state index in [0.717, 1.165) is 15.7 Å². The van der Waals surface area contributed by atoms with Gasteiger partial charge in [-0.05, 0) is 35.0 Å². The Morgan fingerprint density at radius 2 is 1.68 bits per heavy atom. The van der Waals surface area contributed by atoms with Gasteiger partial charge in [-0.15, -0.1) is 0 Å². The predicted octanol–water partition coefficient (Wildman–Crippen LogP) is 2.81. The lowest BCUT2D eigenvalue weighted by Crippen LogP contribution is -1.99. The molecule has 0 aliphatic rings. The molecule has 6 heteroatoms. The first-order chi connectivity index (χ1) is 9.05. The van der Waals surface area contributed by atoms with Gasteiger partial charge in [-0.3, -0.25) is 0 Å². The number of methoxy groups -OCH3 is 2. The fourth-order valence-corrected chi connectivity index (χ4v) is 2.24. The lowest BCUT2D eigenvalue weighted by atomic mass is 10.2. The molecule has 0 saturated heterocycles. The molecule has 0 saturated carbocycles. The summed E-state index contributed by atoms with van der Waals surface area (Å²) in [4.78, 5) is 8.61. The molecule has 0 bridgehead atoms. The Morgan fingerprint density at radius 1 is 1.05 bits per heavy atom. The minimum atomic E-state index is 0.434. The number of hydrogen-bond acceptors (Lipinski definition) is 5. The maximum absolute atomic E-state index is 5.75. The van der Waals surface area contributed by atoms with Crippen LogP contribution in [-0.2, 0) is 0 Å². The highest BCUT2D eigenvalue weighted by Crippen LogP contribution is 2.37. The topological polar surface area (TPSA) is 70.3 Å². The summed E-state index contributed by atoms with van der Waals surface area (Å²) in [6.45, 7) is 1.87. The van der Waals surface area contributed by atoms with Crippen molar-refractivity contribution >= 4 is 21.7 Å². The molecule has 5 nitrogen and oxygen atoms in total. The molecule has 0 atom stereocenters. The number of aryl methyl sites for hydroxylation is 1. The van der Waals surface area contributed by atoms with Crippen LogP contribution in [0.4, 0.5) is 5.82 Å². The van der Waals surface area contributed by atoms with Crippen LogP contribution in [0.3, 0.4) is 0 Å². The molecule has 0 aliphatic heterocycles. The van der Waals surface area contributed by atoms with Crippen LogP contribution in [0.2, 0.25) is 0 Å². The third-order valence-corrected chi connectivity index (χ3v) is 3.24. The van der Waals surface area contributed by atoms with Crippen LogP contribution in [0, 0.1) is 6.92 Å². The second-order valence-corrected chi connectivity index (χ2v) is 4.80. The number of ether oxygens (including phenoxy) is 2. The molecule has 2 aromatic rings. The zero-order valence-electron chi connectivity index (χ0n) is 10.9. The molecule has 1 aromatic heterocycles. The molecule has 0 unspecified atom stereocenters. The minimum Gasteiger partial charge on any atom is -0.493 e. The largest absolute Gasteiger partial charge is 0.493 e. The minimum absolute atomic E-state index is 0.434. The third-order valence-electron chi connectivity index (χ3n) is 2.59. The van der Waals surface area contributed by atoms with E-state index in [4.69, 9.17) is 15.2 Å². The van der Waals surface area contributed by atoms with Crippen LogP contribution in [0.15, 0.2) is 22.7 Å². The van der Waals surface area contributed by atoms with E-state index in [1.807, 2.05) is 19.1 Å². The smallest absolute Gasteiger partial charge is 0.163 e. The summed E-state index contributed by atoms with van der Waals surface area (Å²) in [5, 5.41) is 0. The van der Waals surface area contributed by atoms with Crippen molar-refractivity contribution in [2.75, 3.05) is 20.0 Å². The lowest BCUT2D eigenvalue weighted by Gasteiger charge is -2.11. The van der Waals surface area contributed by atoms with E-state index in [1.54, 1.807) is 20.3 Å². The summed E-state index contributed by atoms with van der Waals surface area (Å²) in [5.74, 6) is 2.23. The summed E-state index contributed by atoms with van der Waals surface area (Å²) in [6.07, 6.45) is 0. The van der Waals surface area contributed by atoms with Crippen LogP contribution in [0.25, 0.3) is 11.4 Å². The van der Waals surface area contributed by atoms with Gasteiger partial charge in [-0.1, -0.05) is 0 Å². The number of nitrogens with two attached hydrogens (primary N) is 1. The fourth-order valence-electron chi connectivity index (χ4n) is 1.74. The molecule has 2 rings (SSSR count). The van der Waals surface area contributed by atoms with Gasteiger partial charge in [0.25, 0.3) is 0 Å². The van der Waals surface area contributed by atoms with Crippen molar-refractivity contribution in [2.45, 2.75) is 6.92 Å². The van der Waals surface area contributed by atoms with Crippen LogP contribution in [-0.4, -0.2) is 24.2 Å². The highest BCUT2D eigenvalue weighted by molar-refractivity contribution is 9.10. The van der Waals surface area contributed by atoms with E-state index in [-0.39, 0.29) is 0 Å². The molecule has 19 heavy (non-hydrogen) atoms. The first kappa shape index (κ1) is 13.6. The molecule has 1 heterocycles. The van der Waals surface area contributed by atoms with Crippen LogP contribution in [0.1, 0.15) is 5.69 Å². The van der Waals surface area contributed by atoms with Gasteiger partial charge in [0, 0.05) is 21.8 Å². The average molecular weight is 324 g/mol. The van der Waals surface area contributed by atoms with Crippen molar-refractivity contribution < 1.29 is 9.47 Å². The molecule has 2 N–H and O–H groups in total. The second-order valence-electron chi connectivity index (χ2n) is 3.94. The first-order valence-corrected chi connectivity index (χ1v) is 6.37. The monoisotopic (exact) mass is 323 g/mol. The average Bonchev–Trinajstić information content (AvgIpc) is 2.37.